The topological polar surface area (TPSA) is 30.5 Å². The summed E-state index contributed by atoms with van der Waals surface area (Å²) in [6.07, 6.45) is -0.183. The molecule has 0 fully saturated rings. The highest BCUT2D eigenvalue weighted by Crippen LogP contribution is 2.23. The summed E-state index contributed by atoms with van der Waals surface area (Å²) in [6.45, 7) is 12.6. The highest BCUT2D eigenvalue weighted by Gasteiger charge is 2.13. The lowest BCUT2D eigenvalue weighted by molar-refractivity contribution is -0.126. The Kier molecular flexibility index (Phi) is 6.32. The molecule has 108 valence electrons. The zero-order valence-corrected chi connectivity index (χ0v) is 12.8. The first-order valence-corrected chi connectivity index (χ1v) is 7.05. The van der Waals surface area contributed by atoms with E-state index in [0.29, 0.717) is 19.8 Å². The standard InChI is InChI=1S/C16H27NO2/c1-6-18-15(19-7-2)12-17-14-10-8-13(9-11-14)16(3,4)5/h8-11,15,17H,6-7,12H2,1-5H3. The summed E-state index contributed by atoms with van der Waals surface area (Å²) in [5.74, 6) is 0. The molecule has 0 atom stereocenters. The lowest BCUT2D eigenvalue weighted by Gasteiger charge is -2.20. The fourth-order valence-electron chi connectivity index (χ4n) is 1.83. The SMILES string of the molecule is CCOC(CNc1ccc(C(C)(C)C)cc1)OCC. The van der Waals surface area contributed by atoms with Gasteiger partial charge in [-0.1, -0.05) is 32.9 Å². The quantitative estimate of drug-likeness (QED) is 0.761. The minimum Gasteiger partial charge on any atom is -0.380 e. The molecule has 3 nitrogen and oxygen atoms in total. The Morgan fingerprint density at radius 3 is 1.95 bits per heavy atom. The van der Waals surface area contributed by atoms with Crippen molar-refractivity contribution in [1.82, 2.24) is 0 Å². The van der Waals surface area contributed by atoms with Gasteiger partial charge in [0.1, 0.15) is 0 Å². The largest absolute Gasteiger partial charge is 0.380 e. The summed E-state index contributed by atoms with van der Waals surface area (Å²) in [4.78, 5) is 0. The van der Waals surface area contributed by atoms with Crippen LogP contribution in [0.2, 0.25) is 0 Å². The smallest absolute Gasteiger partial charge is 0.174 e. The van der Waals surface area contributed by atoms with Gasteiger partial charge in [-0.05, 0) is 37.0 Å². The summed E-state index contributed by atoms with van der Waals surface area (Å²) in [7, 11) is 0. The molecule has 0 aliphatic rings. The van der Waals surface area contributed by atoms with E-state index in [0.717, 1.165) is 5.69 Å². The van der Waals surface area contributed by atoms with E-state index in [4.69, 9.17) is 9.47 Å². The second-order valence-corrected chi connectivity index (χ2v) is 5.55. The van der Waals surface area contributed by atoms with Gasteiger partial charge < -0.3 is 14.8 Å². The molecular formula is C16H27NO2. The van der Waals surface area contributed by atoms with Crippen LogP contribution in [0.4, 0.5) is 5.69 Å². The summed E-state index contributed by atoms with van der Waals surface area (Å²) < 4.78 is 11.0. The Hall–Kier alpha value is -1.06. The molecule has 19 heavy (non-hydrogen) atoms. The summed E-state index contributed by atoms with van der Waals surface area (Å²) in [5.41, 5.74) is 2.62. The zero-order valence-electron chi connectivity index (χ0n) is 12.8. The fraction of sp³-hybridized carbons (Fsp3) is 0.625. The van der Waals surface area contributed by atoms with Crippen LogP contribution in [-0.2, 0) is 14.9 Å². The van der Waals surface area contributed by atoms with Crippen LogP contribution in [-0.4, -0.2) is 26.0 Å². The molecule has 1 aromatic rings. The summed E-state index contributed by atoms with van der Waals surface area (Å²) in [6, 6.07) is 8.54. The summed E-state index contributed by atoms with van der Waals surface area (Å²) >= 11 is 0. The monoisotopic (exact) mass is 265 g/mol. The van der Waals surface area contributed by atoms with Crippen LogP contribution in [0.1, 0.15) is 40.2 Å². The van der Waals surface area contributed by atoms with Crippen molar-refractivity contribution in [2.45, 2.75) is 46.3 Å². The molecule has 0 bridgehead atoms. The van der Waals surface area contributed by atoms with Crippen molar-refractivity contribution in [2.75, 3.05) is 25.1 Å². The van der Waals surface area contributed by atoms with Crippen molar-refractivity contribution in [3.63, 3.8) is 0 Å². The molecule has 3 heteroatoms. The molecule has 1 rings (SSSR count). The second-order valence-electron chi connectivity index (χ2n) is 5.55. The lowest BCUT2D eigenvalue weighted by Crippen LogP contribution is -2.26. The van der Waals surface area contributed by atoms with Crippen LogP contribution in [0.15, 0.2) is 24.3 Å². The van der Waals surface area contributed by atoms with Gasteiger partial charge in [0.15, 0.2) is 6.29 Å². The molecule has 0 aliphatic carbocycles. The minimum absolute atomic E-state index is 0.183. The molecule has 0 saturated carbocycles. The van der Waals surface area contributed by atoms with Gasteiger partial charge in [-0.15, -0.1) is 0 Å². The first-order chi connectivity index (χ1) is 8.97. The molecule has 1 N–H and O–H groups in total. The molecule has 0 saturated heterocycles. The maximum Gasteiger partial charge on any atom is 0.174 e. The van der Waals surface area contributed by atoms with Crippen molar-refractivity contribution >= 4 is 5.69 Å². The average Bonchev–Trinajstić information content (AvgIpc) is 2.36. The van der Waals surface area contributed by atoms with E-state index in [1.807, 2.05) is 13.8 Å². The predicted molar refractivity (Wildman–Crippen MR) is 80.7 cm³/mol. The van der Waals surface area contributed by atoms with Gasteiger partial charge in [-0.3, -0.25) is 0 Å². The van der Waals surface area contributed by atoms with E-state index in [2.05, 4.69) is 50.4 Å². The molecule has 0 spiro atoms. The van der Waals surface area contributed by atoms with E-state index < -0.39 is 0 Å². The van der Waals surface area contributed by atoms with Crippen LogP contribution in [0.3, 0.4) is 0 Å². The molecule has 0 amide bonds. The second kappa shape index (κ2) is 7.51. The van der Waals surface area contributed by atoms with E-state index in [-0.39, 0.29) is 11.7 Å². The van der Waals surface area contributed by atoms with Gasteiger partial charge in [-0.25, -0.2) is 0 Å². The van der Waals surface area contributed by atoms with E-state index in [1.165, 1.54) is 5.56 Å². The number of rotatable bonds is 7. The number of hydrogen-bond donors (Lipinski definition) is 1. The molecule has 0 heterocycles. The first-order valence-electron chi connectivity index (χ1n) is 7.05. The van der Waals surface area contributed by atoms with Crippen LogP contribution < -0.4 is 5.32 Å². The average molecular weight is 265 g/mol. The Bertz CT molecular complexity index is 348. The highest BCUT2D eigenvalue weighted by molar-refractivity contribution is 5.45. The van der Waals surface area contributed by atoms with Gasteiger partial charge in [0.2, 0.25) is 0 Å². The maximum atomic E-state index is 5.50. The van der Waals surface area contributed by atoms with E-state index in [1.54, 1.807) is 0 Å². The van der Waals surface area contributed by atoms with Crippen molar-refractivity contribution in [3.8, 4) is 0 Å². The number of benzene rings is 1. The van der Waals surface area contributed by atoms with Crippen LogP contribution in [0, 0.1) is 0 Å². The van der Waals surface area contributed by atoms with E-state index in [9.17, 15) is 0 Å². The highest BCUT2D eigenvalue weighted by atomic mass is 16.7. The van der Waals surface area contributed by atoms with Crippen LogP contribution in [0.25, 0.3) is 0 Å². The Balaban J connectivity index is 2.53. The van der Waals surface area contributed by atoms with Crippen molar-refractivity contribution in [3.05, 3.63) is 29.8 Å². The Morgan fingerprint density at radius 1 is 1.00 bits per heavy atom. The molecule has 0 aliphatic heterocycles. The van der Waals surface area contributed by atoms with Gasteiger partial charge in [-0.2, -0.15) is 0 Å². The van der Waals surface area contributed by atoms with Gasteiger partial charge >= 0.3 is 0 Å². The Labute approximate surface area is 117 Å². The maximum absolute atomic E-state index is 5.50. The third kappa shape index (κ3) is 5.62. The minimum atomic E-state index is -0.183. The lowest BCUT2D eigenvalue weighted by atomic mass is 9.87. The summed E-state index contributed by atoms with van der Waals surface area (Å²) in [5, 5.41) is 3.34. The van der Waals surface area contributed by atoms with E-state index >= 15 is 0 Å². The molecule has 0 unspecified atom stereocenters. The normalized spacial score (nSPS) is 11.9. The molecule has 0 radical (unpaired) electrons. The van der Waals surface area contributed by atoms with Crippen LogP contribution >= 0.6 is 0 Å². The number of ether oxygens (including phenoxy) is 2. The van der Waals surface area contributed by atoms with Gasteiger partial charge in [0, 0.05) is 18.9 Å². The number of anilines is 1. The molecule has 1 aromatic carbocycles. The van der Waals surface area contributed by atoms with Crippen LogP contribution in [0.5, 0.6) is 0 Å². The third-order valence-electron chi connectivity index (χ3n) is 2.93. The number of nitrogens with one attached hydrogen (secondary N) is 1. The van der Waals surface area contributed by atoms with Crippen molar-refractivity contribution < 1.29 is 9.47 Å². The van der Waals surface area contributed by atoms with Gasteiger partial charge in [0.25, 0.3) is 0 Å². The number of hydrogen-bond acceptors (Lipinski definition) is 3. The van der Waals surface area contributed by atoms with Gasteiger partial charge in [0.05, 0.1) is 6.54 Å². The van der Waals surface area contributed by atoms with Crippen molar-refractivity contribution in [2.24, 2.45) is 0 Å². The predicted octanol–water partition coefficient (Wildman–Crippen LogP) is 3.80. The fourth-order valence-corrected chi connectivity index (χ4v) is 1.83. The first kappa shape index (κ1) is 16.0. The zero-order chi connectivity index (χ0) is 14.3. The Morgan fingerprint density at radius 2 is 1.53 bits per heavy atom. The molecule has 0 aromatic heterocycles. The molecular weight excluding hydrogens is 238 g/mol. The third-order valence-corrected chi connectivity index (χ3v) is 2.93. The van der Waals surface area contributed by atoms with Crippen molar-refractivity contribution in [1.29, 1.82) is 0 Å².